The summed E-state index contributed by atoms with van der Waals surface area (Å²) in [5.74, 6) is -1.51. The molecule has 12 heteroatoms. The molecule has 3 N–H and O–H groups in total. The van der Waals surface area contributed by atoms with Crippen LogP contribution in [0.1, 0.15) is 55.5 Å². The lowest BCUT2D eigenvalue weighted by atomic mass is 9.82. The number of hydrogen-bond donors (Lipinski definition) is 3. The van der Waals surface area contributed by atoms with Gasteiger partial charge in [-0.05, 0) is 73.9 Å². The molecule has 1 fully saturated rings. The van der Waals surface area contributed by atoms with Crippen molar-refractivity contribution in [3.05, 3.63) is 59.7 Å². The molecule has 0 spiro atoms. The molecule has 1 saturated carbocycles. The molecule has 3 rings (SSSR count). The predicted molar refractivity (Wildman–Crippen MR) is 150 cm³/mol. The molecule has 0 heterocycles. The van der Waals surface area contributed by atoms with Crippen LogP contribution < -0.4 is 16.0 Å². The SMILES string of the molecule is CSc1ccc(S(=O)(=O)C[C@H]2C[C@@H](NC(C)C)CC[C@H]2NC(=O)CCNC(=O)c2cccc(C(F)(F)F)c2)cc1. The van der Waals surface area contributed by atoms with E-state index < -0.39 is 27.5 Å². The molecule has 3 atom stereocenters. The van der Waals surface area contributed by atoms with Crippen molar-refractivity contribution in [3.63, 3.8) is 0 Å². The van der Waals surface area contributed by atoms with Crippen molar-refractivity contribution in [1.29, 1.82) is 0 Å². The molecule has 0 aliphatic heterocycles. The number of carbonyl (C=O) groups excluding carboxylic acids is 2. The molecule has 0 saturated heterocycles. The van der Waals surface area contributed by atoms with E-state index in [0.717, 1.165) is 29.5 Å². The van der Waals surface area contributed by atoms with E-state index in [1.54, 1.807) is 24.3 Å². The average molecular weight is 600 g/mol. The zero-order valence-corrected chi connectivity index (χ0v) is 24.4. The van der Waals surface area contributed by atoms with Gasteiger partial charge in [-0.2, -0.15) is 13.2 Å². The lowest BCUT2D eigenvalue weighted by molar-refractivity contribution is -0.137. The highest BCUT2D eigenvalue weighted by molar-refractivity contribution is 7.98. The summed E-state index contributed by atoms with van der Waals surface area (Å²) in [6.45, 7) is 3.98. The van der Waals surface area contributed by atoms with E-state index in [-0.39, 0.29) is 59.1 Å². The fourth-order valence-corrected chi connectivity index (χ4v) is 7.01. The Morgan fingerprint density at radius 3 is 2.40 bits per heavy atom. The highest BCUT2D eigenvalue weighted by Gasteiger charge is 2.35. The Hall–Kier alpha value is -2.57. The first-order chi connectivity index (χ1) is 18.8. The van der Waals surface area contributed by atoms with Crippen LogP contribution in [0.2, 0.25) is 0 Å². The highest BCUT2D eigenvalue weighted by atomic mass is 32.2. The van der Waals surface area contributed by atoms with Gasteiger partial charge in [0.25, 0.3) is 5.91 Å². The summed E-state index contributed by atoms with van der Waals surface area (Å²) in [7, 11) is -3.60. The Labute approximate surface area is 238 Å². The van der Waals surface area contributed by atoms with Gasteiger partial charge in [-0.25, -0.2) is 8.42 Å². The van der Waals surface area contributed by atoms with Crippen LogP contribution in [0, 0.1) is 5.92 Å². The minimum atomic E-state index is -4.57. The molecule has 0 bridgehead atoms. The minimum Gasteiger partial charge on any atom is -0.353 e. The summed E-state index contributed by atoms with van der Waals surface area (Å²) in [5.41, 5.74) is -1.08. The van der Waals surface area contributed by atoms with E-state index >= 15 is 0 Å². The number of halogens is 3. The number of benzene rings is 2. The molecular formula is C28H36F3N3O4S2. The standard InChI is InChI=1S/C28H36F3N3O4S2/c1-18(2)33-22-7-12-25(20(16-22)17-40(37,38)24-10-8-23(39-3)9-11-24)34-26(35)13-14-32-27(36)19-5-4-6-21(15-19)28(29,30)31/h4-6,8-11,15,18,20,22,25,33H,7,12-14,16-17H2,1-3H3,(H,32,36)(H,34,35)/t20-,22+,25-/m1/s1. The second-order valence-corrected chi connectivity index (χ2v) is 13.2. The maximum Gasteiger partial charge on any atom is 0.416 e. The Balaban J connectivity index is 1.61. The number of amides is 2. The third-order valence-corrected chi connectivity index (χ3v) is 9.44. The quantitative estimate of drug-likeness (QED) is 0.325. The van der Waals surface area contributed by atoms with Gasteiger partial charge in [-0.1, -0.05) is 19.9 Å². The number of rotatable bonds is 11. The fourth-order valence-electron chi connectivity index (χ4n) is 4.93. The first-order valence-corrected chi connectivity index (χ1v) is 16.0. The van der Waals surface area contributed by atoms with Gasteiger partial charge in [-0.15, -0.1) is 11.8 Å². The Kier molecular flexibility index (Phi) is 11.1. The maximum atomic E-state index is 13.3. The first-order valence-electron chi connectivity index (χ1n) is 13.2. The van der Waals surface area contributed by atoms with Gasteiger partial charge in [0.05, 0.1) is 16.2 Å². The third-order valence-electron chi connectivity index (χ3n) is 6.84. The van der Waals surface area contributed by atoms with Crippen LogP contribution in [0.3, 0.4) is 0 Å². The summed E-state index contributed by atoms with van der Waals surface area (Å²) >= 11 is 1.52. The van der Waals surface area contributed by atoms with Crippen molar-refractivity contribution in [2.75, 3.05) is 18.6 Å². The number of sulfone groups is 1. The van der Waals surface area contributed by atoms with Crippen LogP contribution in [0.5, 0.6) is 0 Å². The van der Waals surface area contributed by atoms with Gasteiger partial charge < -0.3 is 16.0 Å². The molecule has 7 nitrogen and oxygen atoms in total. The molecule has 40 heavy (non-hydrogen) atoms. The van der Waals surface area contributed by atoms with Gasteiger partial charge in [0, 0.05) is 41.6 Å². The summed E-state index contributed by atoms with van der Waals surface area (Å²) in [6, 6.07) is 10.8. The summed E-state index contributed by atoms with van der Waals surface area (Å²) < 4.78 is 65.3. The van der Waals surface area contributed by atoms with Gasteiger partial charge in [0.15, 0.2) is 9.84 Å². The molecule has 2 aromatic carbocycles. The van der Waals surface area contributed by atoms with E-state index in [2.05, 4.69) is 16.0 Å². The molecule has 220 valence electrons. The lowest BCUT2D eigenvalue weighted by Crippen LogP contribution is -2.51. The third kappa shape index (κ3) is 9.24. The first kappa shape index (κ1) is 32.0. The number of alkyl halides is 3. The second-order valence-electron chi connectivity index (χ2n) is 10.3. The molecule has 0 radical (unpaired) electrons. The topological polar surface area (TPSA) is 104 Å². The number of hydrogen-bond acceptors (Lipinski definition) is 6. The van der Waals surface area contributed by atoms with E-state index in [1.807, 2.05) is 20.1 Å². The summed E-state index contributed by atoms with van der Waals surface area (Å²) in [4.78, 5) is 26.3. The van der Waals surface area contributed by atoms with Gasteiger partial charge in [0.2, 0.25) is 5.91 Å². The van der Waals surface area contributed by atoms with Crippen molar-refractivity contribution in [1.82, 2.24) is 16.0 Å². The smallest absolute Gasteiger partial charge is 0.353 e. The lowest BCUT2D eigenvalue weighted by Gasteiger charge is -2.37. The maximum absolute atomic E-state index is 13.3. The zero-order chi connectivity index (χ0) is 29.5. The monoisotopic (exact) mass is 599 g/mol. The summed E-state index contributed by atoms with van der Waals surface area (Å²) in [6.07, 6.45) is -0.798. The number of carbonyl (C=O) groups is 2. The molecule has 0 aromatic heterocycles. The second kappa shape index (κ2) is 13.9. The van der Waals surface area contributed by atoms with E-state index in [0.29, 0.717) is 12.8 Å². The Bertz CT molecular complexity index is 1270. The molecular weight excluding hydrogens is 563 g/mol. The van der Waals surface area contributed by atoms with Crippen molar-refractivity contribution in [2.24, 2.45) is 5.92 Å². The average Bonchev–Trinajstić information content (AvgIpc) is 2.89. The largest absolute Gasteiger partial charge is 0.416 e. The zero-order valence-electron chi connectivity index (χ0n) is 22.8. The van der Waals surface area contributed by atoms with Crippen molar-refractivity contribution < 1.29 is 31.2 Å². The number of thioether (sulfide) groups is 1. The molecule has 1 aliphatic rings. The Morgan fingerprint density at radius 1 is 1.07 bits per heavy atom. The van der Waals surface area contributed by atoms with Crippen LogP contribution in [0.15, 0.2) is 58.3 Å². The van der Waals surface area contributed by atoms with Crippen LogP contribution in [0.4, 0.5) is 13.2 Å². The molecule has 0 unspecified atom stereocenters. The van der Waals surface area contributed by atoms with Crippen LogP contribution in [-0.4, -0.2) is 56.9 Å². The summed E-state index contributed by atoms with van der Waals surface area (Å²) in [5, 5.41) is 8.90. The van der Waals surface area contributed by atoms with Crippen molar-refractivity contribution in [3.8, 4) is 0 Å². The molecule has 1 aliphatic carbocycles. The van der Waals surface area contributed by atoms with Gasteiger partial charge >= 0.3 is 6.18 Å². The van der Waals surface area contributed by atoms with Gasteiger partial charge in [0.1, 0.15) is 0 Å². The molecule has 2 aromatic rings. The minimum absolute atomic E-state index is 0.0735. The Morgan fingerprint density at radius 2 is 1.77 bits per heavy atom. The highest BCUT2D eigenvalue weighted by Crippen LogP contribution is 2.30. The van der Waals surface area contributed by atoms with Crippen LogP contribution in [-0.2, 0) is 20.8 Å². The van der Waals surface area contributed by atoms with Crippen molar-refractivity contribution in [2.45, 2.75) is 73.6 Å². The molecule has 2 amide bonds. The normalized spacial score (nSPS) is 19.8. The van der Waals surface area contributed by atoms with Gasteiger partial charge in [-0.3, -0.25) is 9.59 Å². The number of nitrogens with one attached hydrogen (secondary N) is 3. The van der Waals surface area contributed by atoms with E-state index in [1.165, 1.54) is 17.8 Å². The predicted octanol–water partition coefficient (Wildman–Crippen LogP) is 4.67. The van der Waals surface area contributed by atoms with Crippen LogP contribution >= 0.6 is 11.8 Å². The van der Waals surface area contributed by atoms with Crippen LogP contribution in [0.25, 0.3) is 0 Å². The van der Waals surface area contributed by atoms with Crippen molar-refractivity contribution >= 4 is 33.4 Å². The fraction of sp³-hybridized carbons (Fsp3) is 0.500. The van der Waals surface area contributed by atoms with E-state index in [4.69, 9.17) is 0 Å². The van der Waals surface area contributed by atoms with E-state index in [9.17, 15) is 31.2 Å².